The summed E-state index contributed by atoms with van der Waals surface area (Å²) in [5.41, 5.74) is 2.87. The summed E-state index contributed by atoms with van der Waals surface area (Å²) in [6, 6.07) is 6.34. The molecular weight excluding hydrogens is 250 g/mol. The number of pyridine rings is 1. The Kier molecular flexibility index (Phi) is 2.70. The van der Waals surface area contributed by atoms with Gasteiger partial charge in [0.1, 0.15) is 0 Å². The first kappa shape index (κ1) is 12.1. The van der Waals surface area contributed by atoms with Gasteiger partial charge in [0, 0.05) is 31.7 Å². The van der Waals surface area contributed by atoms with Gasteiger partial charge in [-0.15, -0.1) is 5.10 Å². The van der Waals surface area contributed by atoms with E-state index in [0.29, 0.717) is 17.3 Å². The molecule has 3 heterocycles. The number of hydrogen-bond donors (Lipinski definition) is 2. The van der Waals surface area contributed by atoms with Crippen LogP contribution in [0, 0.1) is 5.41 Å². The molecule has 5 nitrogen and oxygen atoms in total. The maximum absolute atomic E-state index is 4.56. The minimum Gasteiger partial charge on any atom is -0.356 e. The Balaban J connectivity index is 1.63. The summed E-state index contributed by atoms with van der Waals surface area (Å²) in [4.78, 5) is 4.47. The molecule has 0 amide bonds. The van der Waals surface area contributed by atoms with E-state index in [1.165, 1.54) is 44.5 Å². The molecule has 20 heavy (non-hydrogen) atoms. The first-order chi connectivity index (χ1) is 9.80. The molecule has 1 saturated carbocycles. The number of fused-ring (bicyclic) bond motifs is 1. The number of nitrogens with zero attached hydrogens (tertiary/aromatic N) is 3. The van der Waals surface area contributed by atoms with E-state index in [2.05, 4.69) is 32.8 Å². The standard InChI is InChI=1S/C15H21N5/c1-16-14-18-13-4-2-3-12(20(13)19-14)11-5-7-15(8-6-11)9-17-10-15/h2-4,11,17H,5-10H2,1H3,(H,16,19). The molecule has 1 saturated heterocycles. The average Bonchev–Trinajstić information content (AvgIpc) is 2.89. The van der Waals surface area contributed by atoms with Crippen molar-refractivity contribution in [2.45, 2.75) is 31.6 Å². The number of rotatable bonds is 2. The third kappa shape index (κ3) is 1.80. The van der Waals surface area contributed by atoms with Crippen LogP contribution >= 0.6 is 0 Å². The van der Waals surface area contributed by atoms with Gasteiger partial charge < -0.3 is 10.6 Å². The Morgan fingerprint density at radius 2 is 2.10 bits per heavy atom. The average molecular weight is 271 g/mol. The van der Waals surface area contributed by atoms with Crippen LogP contribution in [0.4, 0.5) is 5.95 Å². The smallest absolute Gasteiger partial charge is 0.242 e. The molecule has 0 radical (unpaired) electrons. The summed E-state index contributed by atoms with van der Waals surface area (Å²) in [7, 11) is 1.86. The minimum absolute atomic E-state index is 0.614. The summed E-state index contributed by atoms with van der Waals surface area (Å²) in [6.45, 7) is 2.44. The van der Waals surface area contributed by atoms with Crippen LogP contribution in [-0.2, 0) is 0 Å². The first-order valence-electron chi connectivity index (χ1n) is 7.54. The number of anilines is 1. The van der Waals surface area contributed by atoms with E-state index >= 15 is 0 Å². The maximum Gasteiger partial charge on any atom is 0.242 e. The summed E-state index contributed by atoms with van der Waals surface area (Å²) < 4.78 is 2.02. The van der Waals surface area contributed by atoms with Crippen LogP contribution in [0.5, 0.6) is 0 Å². The Morgan fingerprint density at radius 3 is 2.75 bits per heavy atom. The molecule has 0 bridgehead atoms. The van der Waals surface area contributed by atoms with Gasteiger partial charge in [0.25, 0.3) is 0 Å². The van der Waals surface area contributed by atoms with Crippen molar-refractivity contribution in [2.24, 2.45) is 5.41 Å². The van der Waals surface area contributed by atoms with Crippen LogP contribution < -0.4 is 10.6 Å². The highest BCUT2D eigenvalue weighted by Gasteiger charge is 2.40. The zero-order valence-corrected chi connectivity index (χ0v) is 11.9. The SMILES string of the molecule is CNc1nc2cccc(C3CCC4(CC3)CNC4)n2n1. The molecule has 5 heteroatoms. The molecule has 0 aromatic carbocycles. The molecule has 106 valence electrons. The van der Waals surface area contributed by atoms with Crippen LogP contribution in [0.15, 0.2) is 18.2 Å². The quantitative estimate of drug-likeness (QED) is 0.877. The Bertz CT molecular complexity index is 618. The maximum atomic E-state index is 4.56. The third-order valence-electron chi connectivity index (χ3n) is 5.08. The van der Waals surface area contributed by atoms with Crippen molar-refractivity contribution in [1.82, 2.24) is 19.9 Å². The van der Waals surface area contributed by atoms with Crippen molar-refractivity contribution in [3.8, 4) is 0 Å². The summed E-state index contributed by atoms with van der Waals surface area (Å²) >= 11 is 0. The van der Waals surface area contributed by atoms with Crippen molar-refractivity contribution < 1.29 is 0 Å². The van der Waals surface area contributed by atoms with Crippen molar-refractivity contribution >= 4 is 11.6 Å². The molecule has 2 aromatic rings. The Morgan fingerprint density at radius 1 is 1.30 bits per heavy atom. The molecule has 1 spiro atoms. The fourth-order valence-corrected chi connectivity index (χ4v) is 3.70. The second kappa shape index (κ2) is 4.45. The highest BCUT2D eigenvalue weighted by atomic mass is 15.3. The monoisotopic (exact) mass is 271 g/mol. The molecule has 2 aromatic heterocycles. The largest absolute Gasteiger partial charge is 0.356 e. The Labute approximate surface area is 118 Å². The van der Waals surface area contributed by atoms with Crippen LogP contribution in [0.2, 0.25) is 0 Å². The predicted molar refractivity (Wildman–Crippen MR) is 79.0 cm³/mol. The molecule has 4 rings (SSSR count). The van der Waals surface area contributed by atoms with E-state index in [4.69, 9.17) is 0 Å². The molecule has 2 fully saturated rings. The fourth-order valence-electron chi connectivity index (χ4n) is 3.70. The zero-order chi connectivity index (χ0) is 13.6. The molecule has 0 unspecified atom stereocenters. The number of hydrogen-bond acceptors (Lipinski definition) is 4. The highest BCUT2D eigenvalue weighted by molar-refractivity contribution is 5.44. The summed E-state index contributed by atoms with van der Waals surface area (Å²) in [5.74, 6) is 1.32. The van der Waals surface area contributed by atoms with Gasteiger partial charge >= 0.3 is 0 Å². The molecule has 2 N–H and O–H groups in total. The van der Waals surface area contributed by atoms with Gasteiger partial charge in [-0.25, -0.2) is 4.52 Å². The van der Waals surface area contributed by atoms with Crippen molar-refractivity contribution in [3.63, 3.8) is 0 Å². The van der Waals surface area contributed by atoms with Crippen LogP contribution in [0.3, 0.4) is 0 Å². The highest BCUT2D eigenvalue weighted by Crippen LogP contribution is 2.45. The molecule has 2 aliphatic rings. The summed E-state index contributed by atoms with van der Waals surface area (Å²) in [6.07, 6.45) is 5.23. The first-order valence-corrected chi connectivity index (χ1v) is 7.54. The normalized spacial score (nSPS) is 22.1. The molecule has 1 aliphatic carbocycles. The van der Waals surface area contributed by atoms with Gasteiger partial charge in [-0.2, -0.15) is 4.98 Å². The van der Waals surface area contributed by atoms with E-state index in [-0.39, 0.29) is 0 Å². The van der Waals surface area contributed by atoms with Crippen LogP contribution in [0.1, 0.15) is 37.3 Å². The van der Waals surface area contributed by atoms with Crippen LogP contribution in [-0.4, -0.2) is 34.7 Å². The second-order valence-electron chi connectivity index (χ2n) is 6.28. The second-order valence-corrected chi connectivity index (χ2v) is 6.28. The van der Waals surface area contributed by atoms with E-state index in [0.717, 1.165) is 5.65 Å². The van der Waals surface area contributed by atoms with E-state index in [9.17, 15) is 0 Å². The van der Waals surface area contributed by atoms with Gasteiger partial charge in [-0.1, -0.05) is 6.07 Å². The zero-order valence-electron chi connectivity index (χ0n) is 11.9. The van der Waals surface area contributed by atoms with Gasteiger partial charge in [0.2, 0.25) is 5.95 Å². The van der Waals surface area contributed by atoms with E-state index in [1.54, 1.807) is 0 Å². The Hall–Kier alpha value is -1.62. The minimum atomic E-state index is 0.614. The van der Waals surface area contributed by atoms with Gasteiger partial charge in [0.15, 0.2) is 5.65 Å². The lowest BCUT2D eigenvalue weighted by atomic mass is 9.66. The van der Waals surface area contributed by atoms with Gasteiger partial charge in [0.05, 0.1) is 0 Å². The molecular formula is C15H21N5. The van der Waals surface area contributed by atoms with Crippen molar-refractivity contribution in [2.75, 3.05) is 25.5 Å². The van der Waals surface area contributed by atoms with Gasteiger partial charge in [-0.05, 0) is 43.2 Å². The van der Waals surface area contributed by atoms with E-state index < -0.39 is 0 Å². The van der Waals surface area contributed by atoms with Gasteiger partial charge in [-0.3, -0.25) is 0 Å². The third-order valence-corrected chi connectivity index (χ3v) is 5.08. The molecule has 0 atom stereocenters. The van der Waals surface area contributed by atoms with Crippen molar-refractivity contribution in [3.05, 3.63) is 23.9 Å². The fraction of sp³-hybridized carbons (Fsp3) is 0.600. The van der Waals surface area contributed by atoms with E-state index in [1.807, 2.05) is 17.6 Å². The summed E-state index contributed by atoms with van der Waals surface area (Å²) in [5, 5.41) is 11.0. The number of aromatic nitrogens is 3. The number of nitrogens with one attached hydrogen (secondary N) is 2. The topological polar surface area (TPSA) is 54.2 Å². The molecule has 1 aliphatic heterocycles. The lowest BCUT2D eigenvalue weighted by Gasteiger charge is -2.47. The lowest BCUT2D eigenvalue weighted by Crippen LogP contribution is -2.54. The van der Waals surface area contributed by atoms with Crippen molar-refractivity contribution in [1.29, 1.82) is 0 Å². The lowest BCUT2D eigenvalue weighted by molar-refractivity contribution is 0.0965. The van der Waals surface area contributed by atoms with Crippen LogP contribution in [0.25, 0.3) is 5.65 Å². The predicted octanol–water partition coefficient (Wildman–Crippen LogP) is 2.02.